The van der Waals surface area contributed by atoms with Crippen molar-refractivity contribution in [3.8, 4) is 16.8 Å². The summed E-state index contributed by atoms with van der Waals surface area (Å²) in [6.07, 6.45) is 4.65. The van der Waals surface area contributed by atoms with Gasteiger partial charge in [0, 0.05) is 10.9 Å². The third kappa shape index (κ3) is 2.71. The van der Waals surface area contributed by atoms with Crippen molar-refractivity contribution in [1.29, 1.82) is 0 Å². The molecule has 0 aliphatic heterocycles. The highest BCUT2D eigenvalue weighted by Gasteiger charge is 2.16. The zero-order chi connectivity index (χ0) is 17.4. The van der Waals surface area contributed by atoms with Crippen molar-refractivity contribution in [3.63, 3.8) is 0 Å². The molecule has 4 rings (SSSR count). The van der Waals surface area contributed by atoms with Crippen molar-refractivity contribution in [2.75, 3.05) is 5.73 Å². The lowest BCUT2D eigenvalue weighted by atomic mass is 9.78. The van der Waals surface area contributed by atoms with E-state index < -0.39 is 7.12 Å². The number of benzene rings is 2. The third-order valence-electron chi connectivity index (χ3n) is 3.94. The smallest absolute Gasteiger partial charge is 0.423 e. The van der Waals surface area contributed by atoms with Gasteiger partial charge in [-0.2, -0.15) is 25.2 Å². The Kier molecular flexibility index (Phi) is 3.64. The molecule has 2 aromatic carbocycles. The second kappa shape index (κ2) is 5.97. The van der Waals surface area contributed by atoms with Crippen LogP contribution in [0.1, 0.15) is 0 Å². The summed E-state index contributed by atoms with van der Waals surface area (Å²) in [5, 5.41) is 36.1. The minimum atomic E-state index is -1.57. The highest BCUT2D eigenvalue weighted by molar-refractivity contribution is 6.58. The molecule has 0 unspecified atom stereocenters. The Morgan fingerprint density at radius 1 is 1.00 bits per heavy atom. The van der Waals surface area contributed by atoms with E-state index in [9.17, 15) is 10.0 Å². The molecule has 0 saturated heterocycles. The number of rotatable bonds is 3. The number of anilines is 1. The summed E-state index contributed by atoms with van der Waals surface area (Å²) in [5.74, 6) is 0. The lowest BCUT2D eigenvalue weighted by Gasteiger charge is -2.12. The minimum Gasteiger partial charge on any atom is -0.423 e. The molecule has 122 valence electrons. The average Bonchev–Trinajstić information content (AvgIpc) is 3.15. The van der Waals surface area contributed by atoms with Gasteiger partial charge in [0.2, 0.25) is 0 Å². The van der Waals surface area contributed by atoms with Gasteiger partial charge in [-0.25, -0.2) is 0 Å². The standard InChI is InChI=1S/C16H13BN6O2/c18-14-9-19-22-15-7-10(1-3-12(14)15)13-8-11(17(24)25)2-4-16(13)23-20-5-6-21-23/h1-9,24-25H,(H2,18,22). The first-order chi connectivity index (χ1) is 12.1. The van der Waals surface area contributed by atoms with Crippen LogP contribution in [0.2, 0.25) is 0 Å². The van der Waals surface area contributed by atoms with E-state index in [0.29, 0.717) is 22.4 Å². The molecule has 0 atom stereocenters. The van der Waals surface area contributed by atoms with Crippen LogP contribution >= 0.6 is 0 Å². The van der Waals surface area contributed by atoms with Crippen molar-refractivity contribution in [2.45, 2.75) is 0 Å². The van der Waals surface area contributed by atoms with Crippen molar-refractivity contribution in [3.05, 3.63) is 55.0 Å². The van der Waals surface area contributed by atoms with Crippen LogP contribution in [0.5, 0.6) is 0 Å². The summed E-state index contributed by atoms with van der Waals surface area (Å²) in [6, 6.07) is 10.6. The molecule has 2 aromatic heterocycles. The van der Waals surface area contributed by atoms with Crippen molar-refractivity contribution >= 4 is 29.2 Å². The van der Waals surface area contributed by atoms with E-state index in [-0.39, 0.29) is 0 Å². The van der Waals surface area contributed by atoms with Crippen LogP contribution in [-0.2, 0) is 0 Å². The average molecular weight is 332 g/mol. The molecule has 25 heavy (non-hydrogen) atoms. The fourth-order valence-electron chi connectivity index (χ4n) is 2.71. The van der Waals surface area contributed by atoms with Crippen molar-refractivity contribution < 1.29 is 10.0 Å². The van der Waals surface area contributed by atoms with Gasteiger partial charge in [0.15, 0.2) is 0 Å². The van der Waals surface area contributed by atoms with E-state index in [2.05, 4.69) is 20.4 Å². The monoisotopic (exact) mass is 332 g/mol. The summed E-state index contributed by atoms with van der Waals surface area (Å²) in [5.41, 5.74) is 9.72. The van der Waals surface area contributed by atoms with E-state index in [1.54, 1.807) is 30.6 Å². The van der Waals surface area contributed by atoms with Gasteiger partial charge in [-0.15, -0.1) is 0 Å². The van der Waals surface area contributed by atoms with Gasteiger partial charge in [0.1, 0.15) is 0 Å². The number of nitrogens with zero attached hydrogens (tertiary/aromatic N) is 5. The maximum atomic E-state index is 9.50. The molecule has 8 nitrogen and oxygen atoms in total. The van der Waals surface area contributed by atoms with Crippen LogP contribution in [0.4, 0.5) is 5.69 Å². The Bertz CT molecular complexity index is 1050. The number of aromatic nitrogens is 5. The van der Waals surface area contributed by atoms with Crippen LogP contribution in [0.15, 0.2) is 55.0 Å². The third-order valence-corrected chi connectivity index (χ3v) is 3.94. The highest BCUT2D eigenvalue weighted by atomic mass is 16.4. The lowest BCUT2D eigenvalue weighted by Crippen LogP contribution is -2.30. The van der Waals surface area contributed by atoms with Crippen LogP contribution < -0.4 is 11.2 Å². The van der Waals surface area contributed by atoms with Crippen LogP contribution in [0.3, 0.4) is 0 Å². The molecule has 0 fully saturated rings. The zero-order valence-corrected chi connectivity index (χ0v) is 13.0. The number of hydrogen-bond acceptors (Lipinski definition) is 7. The number of hydrogen-bond donors (Lipinski definition) is 3. The Morgan fingerprint density at radius 3 is 2.56 bits per heavy atom. The molecule has 0 spiro atoms. The van der Waals surface area contributed by atoms with Gasteiger partial charge < -0.3 is 15.8 Å². The first-order valence-electron chi connectivity index (χ1n) is 7.51. The molecule has 0 bridgehead atoms. The molecular formula is C16H13BN6O2. The molecule has 9 heteroatoms. The molecule has 4 N–H and O–H groups in total. The Balaban J connectivity index is 1.95. The van der Waals surface area contributed by atoms with E-state index in [4.69, 9.17) is 5.73 Å². The normalized spacial score (nSPS) is 11.0. The molecule has 4 aromatic rings. The number of nitrogens with two attached hydrogens (primary N) is 1. The van der Waals surface area contributed by atoms with Crippen LogP contribution in [0.25, 0.3) is 27.7 Å². The maximum absolute atomic E-state index is 9.50. The number of fused-ring (bicyclic) bond motifs is 1. The fourth-order valence-corrected chi connectivity index (χ4v) is 2.71. The Labute approximate surface area is 142 Å². The summed E-state index contributed by atoms with van der Waals surface area (Å²) < 4.78 is 0. The van der Waals surface area contributed by atoms with Gasteiger partial charge in [-0.05, 0) is 29.2 Å². The summed E-state index contributed by atoms with van der Waals surface area (Å²) in [7, 11) is -1.57. The predicted molar refractivity (Wildman–Crippen MR) is 94.1 cm³/mol. The first-order valence-corrected chi connectivity index (χ1v) is 7.51. The molecule has 0 radical (unpaired) electrons. The van der Waals surface area contributed by atoms with Crippen LogP contribution in [0, 0.1) is 0 Å². The van der Waals surface area contributed by atoms with Gasteiger partial charge >= 0.3 is 7.12 Å². The summed E-state index contributed by atoms with van der Waals surface area (Å²) in [4.78, 5) is 1.47. The Hall–Kier alpha value is -3.30. The molecular weight excluding hydrogens is 319 g/mol. The van der Waals surface area contributed by atoms with Gasteiger partial charge in [0.25, 0.3) is 0 Å². The molecule has 0 saturated carbocycles. The minimum absolute atomic E-state index is 0.365. The van der Waals surface area contributed by atoms with Crippen LogP contribution in [-0.4, -0.2) is 42.4 Å². The van der Waals surface area contributed by atoms with Crippen molar-refractivity contribution in [2.24, 2.45) is 0 Å². The SMILES string of the molecule is Nc1cnnc2cc(-c3cc(B(O)O)ccc3-n3nccn3)ccc12. The molecule has 2 heterocycles. The van der Waals surface area contributed by atoms with E-state index in [0.717, 1.165) is 16.5 Å². The molecule has 0 aliphatic rings. The van der Waals surface area contributed by atoms with E-state index >= 15 is 0 Å². The topological polar surface area (TPSA) is 123 Å². The second-order valence-electron chi connectivity index (χ2n) is 5.50. The predicted octanol–water partition coefficient (Wildman–Crippen LogP) is 0.139. The Morgan fingerprint density at radius 2 is 1.80 bits per heavy atom. The largest absolute Gasteiger partial charge is 0.488 e. The second-order valence-corrected chi connectivity index (χ2v) is 5.50. The summed E-state index contributed by atoms with van der Waals surface area (Å²) >= 11 is 0. The fraction of sp³-hybridized carbons (Fsp3) is 0. The van der Waals surface area contributed by atoms with E-state index in [1.807, 2.05) is 18.2 Å². The maximum Gasteiger partial charge on any atom is 0.488 e. The molecule has 0 aliphatic carbocycles. The quantitative estimate of drug-likeness (QED) is 0.456. The number of nitrogen functional groups attached to an aromatic ring is 1. The molecule has 0 amide bonds. The van der Waals surface area contributed by atoms with Gasteiger partial charge in [-0.1, -0.05) is 18.2 Å². The first kappa shape index (κ1) is 15.2. The highest BCUT2D eigenvalue weighted by Crippen LogP contribution is 2.29. The lowest BCUT2D eigenvalue weighted by molar-refractivity contribution is 0.426. The van der Waals surface area contributed by atoms with Crippen molar-refractivity contribution in [1.82, 2.24) is 25.2 Å². The van der Waals surface area contributed by atoms with Gasteiger partial charge in [0.05, 0.1) is 35.5 Å². The zero-order valence-electron chi connectivity index (χ0n) is 13.0. The summed E-state index contributed by atoms with van der Waals surface area (Å²) in [6.45, 7) is 0. The van der Waals surface area contributed by atoms with E-state index in [1.165, 1.54) is 11.0 Å². The van der Waals surface area contributed by atoms with Gasteiger partial charge in [-0.3, -0.25) is 0 Å².